The van der Waals surface area contributed by atoms with Crippen LogP contribution in [0.15, 0.2) is 146 Å². The van der Waals surface area contributed by atoms with Gasteiger partial charge in [-0.15, -0.1) is 0 Å². The summed E-state index contributed by atoms with van der Waals surface area (Å²) >= 11 is 0. The minimum Gasteiger partial charge on any atom is -0.392 e. The highest BCUT2D eigenvalue weighted by molar-refractivity contribution is 5.83. The Morgan fingerprint density at radius 3 is 2.11 bits per heavy atom. The topological polar surface area (TPSA) is 83.1 Å². The molecule has 0 aliphatic carbocycles. The second kappa shape index (κ2) is 17.2. The molecule has 54 heavy (non-hydrogen) atoms. The molecule has 1 heterocycles. The van der Waals surface area contributed by atoms with E-state index in [4.69, 9.17) is 9.47 Å². The molecular weight excluding hydrogens is 671 g/mol. The van der Waals surface area contributed by atoms with Gasteiger partial charge in [0.2, 0.25) is 0 Å². The molecule has 6 aromatic carbocycles. The molecule has 6 aromatic rings. The molecule has 0 aromatic heterocycles. The van der Waals surface area contributed by atoms with Gasteiger partial charge in [0, 0.05) is 37.2 Å². The zero-order valence-electron chi connectivity index (χ0n) is 31.2. The molecule has 5 atom stereocenters. The number of ether oxygens (including phenoxy) is 2. The van der Waals surface area contributed by atoms with Gasteiger partial charge in [-0.2, -0.15) is 0 Å². The van der Waals surface area contributed by atoms with Crippen molar-refractivity contribution in [1.82, 2.24) is 15.5 Å². The molecule has 0 saturated carbocycles. The number of hydrogen-bond acceptors (Lipinski definition) is 5. The smallest absolute Gasteiger partial charge is 0.315 e. The van der Waals surface area contributed by atoms with E-state index in [1.54, 1.807) is 0 Å². The van der Waals surface area contributed by atoms with Crippen molar-refractivity contribution in [1.29, 1.82) is 0 Å². The van der Waals surface area contributed by atoms with Crippen molar-refractivity contribution in [3.8, 4) is 11.1 Å². The molecule has 0 spiro atoms. The van der Waals surface area contributed by atoms with Crippen molar-refractivity contribution in [3.05, 3.63) is 179 Å². The quantitative estimate of drug-likeness (QED) is 0.117. The molecule has 3 N–H and O–H groups in total. The van der Waals surface area contributed by atoms with Crippen molar-refractivity contribution in [2.24, 2.45) is 5.92 Å². The Balaban J connectivity index is 1.08. The fraction of sp³-hybridized carbons (Fsp3) is 0.255. The summed E-state index contributed by atoms with van der Waals surface area (Å²) in [6, 6.07) is 49.7. The maximum absolute atomic E-state index is 12.5. The fourth-order valence-electron chi connectivity index (χ4n) is 7.24. The number of carbonyl (C=O) groups excluding carboxylic acids is 1. The van der Waals surface area contributed by atoms with E-state index >= 15 is 0 Å². The van der Waals surface area contributed by atoms with E-state index in [0.29, 0.717) is 19.6 Å². The van der Waals surface area contributed by atoms with Crippen LogP contribution in [0, 0.1) is 5.92 Å². The average Bonchev–Trinajstić information content (AvgIpc) is 3.23. The number of fused-ring (bicyclic) bond motifs is 1. The summed E-state index contributed by atoms with van der Waals surface area (Å²) in [6.07, 6.45) is -0.918. The summed E-state index contributed by atoms with van der Waals surface area (Å²) in [6.45, 7) is 6.05. The number of hydrogen-bond donors (Lipinski definition) is 3. The normalized spacial score (nSPS) is 19.1. The monoisotopic (exact) mass is 719 g/mol. The number of benzene rings is 6. The number of urea groups is 1. The average molecular weight is 720 g/mol. The Morgan fingerprint density at radius 1 is 0.685 bits per heavy atom. The molecule has 0 bridgehead atoms. The number of carbonyl (C=O) groups is 1. The van der Waals surface area contributed by atoms with Gasteiger partial charge in [0.15, 0.2) is 6.29 Å². The van der Waals surface area contributed by atoms with Gasteiger partial charge in [-0.3, -0.25) is 4.90 Å². The second-order valence-corrected chi connectivity index (χ2v) is 14.4. The van der Waals surface area contributed by atoms with Gasteiger partial charge in [-0.05, 0) is 81.9 Å². The van der Waals surface area contributed by atoms with Crippen molar-refractivity contribution in [3.63, 3.8) is 0 Å². The standard InChI is InChI=1S/C47H49N3O4/c1-32-44(30-50(3)33(2)39-24-23-37-14-7-8-15-41(37)26-39)53-46(54-45(32)38-21-19-35(31-51)20-22-38)43-18-10-17-42(27-43)40-16-9-13-36(25-40)29-49-47(52)48-28-34-11-5-4-6-12-34/h4-27,32-33,44-46,51H,28-31H2,1-3H3,(H2,48,49,52)/t32-,33+,44+,45+,46+/m0/s1. The molecular formula is C47H49N3O4. The van der Waals surface area contributed by atoms with Gasteiger partial charge in [0.1, 0.15) is 0 Å². The maximum atomic E-state index is 12.5. The zero-order chi connectivity index (χ0) is 37.4. The molecule has 1 aliphatic heterocycles. The first-order valence-electron chi connectivity index (χ1n) is 18.8. The van der Waals surface area contributed by atoms with Gasteiger partial charge in [0.25, 0.3) is 0 Å². The summed E-state index contributed by atoms with van der Waals surface area (Å²) in [4.78, 5) is 14.9. The Kier molecular flexibility index (Phi) is 11.8. The number of amides is 2. The van der Waals surface area contributed by atoms with Crippen molar-refractivity contribution < 1.29 is 19.4 Å². The Morgan fingerprint density at radius 2 is 1.35 bits per heavy atom. The molecule has 276 valence electrons. The molecule has 1 saturated heterocycles. The maximum Gasteiger partial charge on any atom is 0.315 e. The van der Waals surface area contributed by atoms with E-state index in [9.17, 15) is 9.90 Å². The van der Waals surface area contributed by atoms with Crippen LogP contribution in [0.3, 0.4) is 0 Å². The summed E-state index contributed by atoms with van der Waals surface area (Å²) < 4.78 is 13.7. The van der Waals surface area contributed by atoms with E-state index in [1.807, 2.05) is 60.7 Å². The highest BCUT2D eigenvalue weighted by atomic mass is 16.7. The van der Waals surface area contributed by atoms with Crippen LogP contribution in [0.4, 0.5) is 4.79 Å². The largest absolute Gasteiger partial charge is 0.392 e. The lowest BCUT2D eigenvalue weighted by Gasteiger charge is -2.43. The van der Waals surface area contributed by atoms with E-state index in [1.165, 1.54) is 16.3 Å². The fourth-order valence-corrected chi connectivity index (χ4v) is 7.24. The summed E-state index contributed by atoms with van der Waals surface area (Å²) in [5.74, 6) is 0.0599. The lowest BCUT2D eigenvalue weighted by atomic mass is 9.89. The number of aliphatic hydroxyl groups excluding tert-OH is 1. The zero-order valence-corrected chi connectivity index (χ0v) is 31.2. The summed E-state index contributed by atoms with van der Waals surface area (Å²) in [7, 11) is 2.17. The minimum absolute atomic E-state index is 0.00131. The summed E-state index contributed by atoms with van der Waals surface area (Å²) in [5.41, 5.74) is 8.27. The predicted octanol–water partition coefficient (Wildman–Crippen LogP) is 9.48. The number of rotatable bonds is 12. The third-order valence-electron chi connectivity index (χ3n) is 10.7. The first-order valence-corrected chi connectivity index (χ1v) is 18.8. The summed E-state index contributed by atoms with van der Waals surface area (Å²) in [5, 5.41) is 18.1. The first kappa shape index (κ1) is 37.0. The van der Waals surface area contributed by atoms with E-state index < -0.39 is 6.29 Å². The van der Waals surface area contributed by atoms with Crippen LogP contribution < -0.4 is 10.6 Å². The lowest BCUT2D eigenvalue weighted by molar-refractivity contribution is -0.276. The van der Waals surface area contributed by atoms with Crippen molar-refractivity contribution >= 4 is 16.8 Å². The van der Waals surface area contributed by atoms with Crippen LogP contribution in [0.5, 0.6) is 0 Å². The van der Waals surface area contributed by atoms with Gasteiger partial charge < -0.3 is 25.2 Å². The van der Waals surface area contributed by atoms with Gasteiger partial charge in [-0.25, -0.2) is 4.79 Å². The second-order valence-electron chi connectivity index (χ2n) is 14.4. The third kappa shape index (κ3) is 8.89. The van der Waals surface area contributed by atoms with E-state index in [-0.39, 0.29) is 36.8 Å². The molecule has 7 rings (SSSR count). The molecule has 7 heteroatoms. The molecule has 1 aliphatic rings. The van der Waals surface area contributed by atoms with Crippen molar-refractivity contribution in [2.45, 2.75) is 58.1 Å². The third-order valence-corrected chi connectivity index (χ3v) is 10.7. The molecule has 7 nitrogen and oxygen atoms in total. The Labute approximate surface area is 318 Å². The van der Waals surface area contributed by atoms with Crippen LogP contribution in [-0.4, -0.2) is 35.7 Å². The van der Waals surface area contributed by atoms with Gasteiger partial charge in [0.05, 0.1) is 18.8 Å². The molecule has 0 unspecified atom stereocenters. The Bertz CT molecular complexity index is 2160. The van der Waals surface area contributed by atoms with Crippen LogP contribution in [0.25, 0.3) is 21.9 Å². The van der Waals surface area contributed by atoms with Crippen LogP contribution in [0.2, 0.25) is 0 Å². The predicted molar refractivity (Wildman–Crippen MR) is 215 cm³/mol. The first-order chi connectivity index (χ1) is 26.3. The van der Waals surface area contributed by atoms with Crippen LogP contribution in [0.1, 0.15) is 65.7 Å². The van der Waals surface area contributed by atoms with Crippen LogP contribution in [-0.2, 0) is 29.2 Å². The highest BCUT2D eigenvalue weighted by Gasteiger charge is 2.39. The van der Waals surface area contributed by atoms with Crippen LogP contribution >= 0.6 is 0 Å². The number of nitrogens with zero attached hydrogens (tertiary/aromatic N) is 1. The minimum atomic E-state index is -0.587. The SMILES string of the molecule is C[C@H]1[C@@H](CN(C)[C@H](C)c2ccc3ccccc3c2)O[C@@H](c2cccc(-c3cccc(CNC(=O)NCc4ccccc4)c3)c2)O[C@H]1c1ccc(CO)cc1. The molecule has 0 radical (unpaired) electrons. The lowest BCUT2D eigenvalue weighted by Crippen LogP contribution is -2.44. The van der Waals surface area contributed by atoms with Gasteiger partial charge >= 0.3 is 6.03 Å². The Hall–Kier alpha value is -5.31. The van der Waals surface area contributed by atoms with Crippen molar-refractivity contribution in [2.75, 3.05) is 13.6 Å². The number of nitrogens with one attached hydrogen (secondary N) is 2. The number of aliphatic hydroxyl groups is 1. The highest BCUT2D eigenvalue weighted by Crippen LogP contribution is 2.43. The molecule has 2 amide bonds. The van der Waals surface area contributed by atoms with E-state index in [2.05, 4.69) is 121 Å². The van der Waals surface area contributed by atoms with Gasteiger partial charge in [-0.1, -0.05) is 134 Å². The molecule has 1 fully saturated rings. The number of likely N-dealkylation sites (N-methyl/N-ethyl adjacent to an activating group) is 1. The van der Waals surface area contributed by atoms with E-state index in [0.717, 1.165) is 38.9 Å².